The van der Waals surface area contributed by atoms with Crippen molar-refractivity contribution < 1.29 is 0 Å². The van der Waals surface area contributed by atoms with Gasteiger partial charge in [0.1, 0.15) is 12.0 Å². The van der Waals surface area contributed by atoms with E-state index in [2.05, 4.69) is 67.5 Å². The maximum atomic E-state index is 6.24. The highest BCUT2D eigenvalue weighted by molar-refractivity contribution is 6.31. The van der Waals surface area contributed by atoms with Gasteiger partial charge in [-0.3, -0.25) is 0 Å². The largest absolute Gasteiger partial charge is 0.339 e. The maximum Gasteiger partial charge on any atom is 0.138 e. The minimum absolute atomic E-state index is 0.602. The lowest BCUT2D eigenvalue weighted by Gasteiger charge is -2.32. The number of pyridine rings is 1. The van der Waals surface area contributed by atoms with E-state index in [9.17, 15) is 0 Å². The fourth-order valence-electron chi connectivity index (χ4n) is 4.04. The van der Waals surface area contributed by atoms with Crippen LogP contribution in [0.15, 0.2) is 55.2 Å². The highest BCUT2D eigenvalue weighted by Crippen LogP contribution is 2.38. The van der Waals surface area contributed by atoms with E-state index in [1.807, 2.05) is 18.5 Å². The molecular weight excluding hydrogens is 408 g/mol. The Morgan fingerprint density at radius 3 is 2.48 bits per heavy atom. The number of aromatic nitrogens is 4. The lowest BCUT2D eigenvalue weighted by atomic mass is 10.00. The molecule has 0 unspecified atom stereocenters. The molecule has 31 heavy (non-hydrogen) atoms. The first-order valence-electron chi connectivity index (χ1n) is 10.4. The fourth-order valence-corrected chi connectivity index (χ4v) is 4.20. The van der Waals surface area contributed by atoms with Gasteiger partial charge in [0.15, 0.2) is 0 Å². The normalized spacial score (nSPS) is 15.5. The molecule has 3 aromatic heterocycles. The summed E-state index contributed by atoms with van der Waals surface area (Å²) >= 11 is 6.24. The number of nitrogens with one attached hydrogen (secondary N) is 1. The monoisotopic (exact) mass is 431 g/mol. The van der Waals surface area contributed by atoms with Gasteiger partial charge in [-0.25, -0.2) is 15.0 Å². The van der Waals surface area contributed by atoms with Gasteiger partial charge < -0.3 is 14.8 Å². The summed E-state index contributed by atoms with van der Waals surface area (Å²) in [5.74, 6) is 0. The van der Waals surface area contributed by atoms with Crippen molar-refractivity contribution in [3.63, 3.8) is 0 Å². The highest BCUT2D eigenvalue weighted by Gasteiger charge is 2.17. The van der Waals surface area contributed by atoms with Crippen LogP contribution < -0.4 is 0 Å². The molecule has 1 fully saturated rings. The molecular formula is C24H24ClN6. The second kappa shape index (κ2) is 8.75. The summed E-state index contributed by atoms with van der Waals surface area (Å²) in [4.78, 5) is 21.2. The van der Waals surface area contributed by atoms with E-state index in [0.29, 0.717) is 5.02 Å². The number of rotatable bonds is 5. The van der Waals surface area contributed by atoms with Crippen molar-refractivity contribution in [3.05, 3.63) is 72.3 Å². The van der Waals surface area contributed by atoms with E-state index in [-0.39, 0.29) is 0 Å². The van der Waals surface area contributed by atoms with Crippen LogP contribution in [-0.4, -0.2) is 69.5 Å². The molecule has 0 bridgehead atoms. The fraction of sp³-hybridized carbons (Fsp3) is 0.250. The van der Waals surface area contributed by atoms with Gasteiger partial charge in [0.25, 0.3) is 0 Å². The Balaban J connectivity index is 1.43. The van der Waals surface area contributed by atoms with Gasteiger partial charge in [0, 0.05) is 74.2 Å². The highest BCUT2D eigenvalue weighted by atomic mass is 35.5. The summed E-state index contributed by atoms with van der Waals surface area (Å²) in [5, 5.41) is 1.56. The second-order valence-corrected chi connectivity index (χ2v) is 8.42. The number of halogens is 1. The third-order valence-corrected chi connectivity index (χ3v) is 6.05. The lowest BCUT2D eigenvalue weighted by molar-refractivity contribution is 0.164. The molecule has 4 heterocycles. The summed E-state index contributed by atoms with van der Waals surface area (Å²) < 4.78 is 0. The summed E-state index contributed by atoms with van der Waals surface area (Å²) in [7, 11) is 2.18. The molecule has 4 aromatic rings. The molecule has 1 aliphatic rings. The summed E-state index contributed by atoms with van der Waals surface area (Å²) in [6, 6.07) is 10.6. The van der Waals surface area contributed by atoms with Crippen LogP contribution in [0.2, 0.25) is 5.02 Å². The third-order valence-electron chi connectivity index (χ3n) is 5.85. The molecule has 6 nitrogen and oxygen atoms in total. The molecule has 1 radical (unpaired) electrons. The summed E-state index contributed by atoms with van der Waals surface area (Å²) in [6.45, 7) is 5.50. The van der Waals surface area contributed by atoms with Gasteiger partial charge in [-0.1, -0.05) is 35.9 Å². The van der Waals surface area contributed by atoms with Crippen molar-refractivity contribution in [2.75, 3.05) is 39.8 Å². The molecule has 157 valence electrons. The quantitative estimate of drug-likeness (QED) is 0.514. The predicted octanol–water partition coefficient (Wildman–Crippen LogP) is 4.14. The lowest BCUT2D eigenvalue weighted by Crippen LogP contribution is -2.44. The Labute approximate surface area is 186 Å². The van der Waals surface area contributed by atoms with E-state index in [1.165, 1.54) is 11.9 Å². The molecule has 0 spiro atoms. The first-order chi connectivity index (χ1) is 15.2. The number of H-pyrrole nitrogens is 1. The van der Waals surface area contributed by atoms with Crippen molar-refractivity contribution in [2.45, 2.75) is 0 Å². The number of benzene rings is 1. The van der Waals surface area contributed by atoms with Crippen molar-refractivity contribution in [2.24, 2.45) is 0 Å². The Morgan fingerprint density at radius 2 is 1.74 bits per heavy atom. The standard InChI is InChI=1S/C24H24ClN6/c1-30-8-10-31(11-9-30)7-6-17-2-4-18(5-3-17)23-22(19-13-26-16-27-14-19)21-12-20(25)15-28-24(21)29-23/h2-6,12-16H,7-11H2,1H3,(H,28,29). The molecule has 0 saturated carbocycles. The third kappa shape index (κ3) is 4.32. The van der Waals surface area contributed by atoms with Crippen molar-refractivity contribution >= 4 is 22.6 Å². The van der Waals surface area contributed by atoms with Crippen molar-refractivity contribution in [3.8, 4) is 22.4 Å². The van der Waals surface area contributed by atoms with Crippen LogP contribution in [0.1, 0.15) is 5.56 Å². The Bertz CT molecular complexity index is 1160. The summed E-state index contributed by atoms with van der Waals surface area (Å²) in [5.41, 5.74) is 6.04. The molecule has 0 atom stereocenters. The van der Waals surface area contributed by atoms with Gasteiger partial charge in [0.05, 0.1) is 10.7 Å². The van der Waals surface area contributed by atoms with E-state index >= 15 is 0 Å². The minimum Gasteiger partial charge on any atom is -0.339 e. The van der Waals surface area contributed by atoms with E-state index in [0.717, 1.165) is 66.1 Å². The van der Waals surface area contributed by atoms with Crippen LogP contribution in [0, 0.1) is 6.42 Å². The number of piperazine rings is 1. The molecule has 7 heteroatoms. The van der Waals surface area contributed by atoms with Crippen LogP contribution in [0.3, 0.4) is 0 Å². The van der Waals surface area contributed by atoms with Crippen LogP contribution >= 0.6 is 11.6 Å². The molecule has 0 amide bonds. The number of nitrogens with zero attached hydrogens (tertiary/aromatic N) is 5. The van der Waals surface area contributed by atoms with E-state index in [4.69, 9.17) is 11.6 Å². The smallest absolute Gasteiger partial charge is 0.138 e. The zero-order valence-electron chi connectivity index (χ0n) is 17.4. The van der Waals surface area contributed by atoms with Crippen LogP contribution in [0.5, 0.6) is 0 Å². The number of fused-ring (bicyclic) bond motifs is 1. The van der Waals surface area contributed by atoms with Crippen LogP contribution in [-0.2, 0) is 0 Å². The second-order valence-electron chi connectivity index (χ2n) is 7.98. The van der Waals surface area contributed by atoms with Crippen molar-refractivity contribution in [1.29, 1.82) is 0 Å². The Kier molecular flexibility index (Phi) is 5.68. The van der Waals surface area contributed by atoms with Gasteiger partial charge in [-0.05, 0) is 24.2 Å². The zero-order valence-corrected chi connectivity index (χ0v) is 18.2. The zero-order chi connectivity index (χ0) is 21.2. The number of aromatic amines is 1. The van der Waals surface area contributed by atoms with Gasteiger partial charge >= 0.3 is 0 Å². The molecule has 1 aromatic carbocycles. The first-order valence-corrected chi connectivity index (χ1v) is 10.8. The predicted molar refractivity (Wildman–Crippen MR) is 125 cm³/mol. The molecule has 1 N–H and O–H groups in total. The molecule has 5 rings (SSSR count). The first kappa shape index (κ1) is 20.1. The number of hydrogen-bond acceptors (Lipinski definition) is 5. The molecule has 0 aliphatic carbocycles. The van der Waals surface area contributed by atoms with E-state index < -0.39 is 0 Å². The van der Waals surface area contributed by atoms with Gasteiger partial charge in [-0.15, -0.1) is 0 Å². The topological polar surface area (TPSA) is 60.9 Å². The molecule has 1 saturated heterocycles. The van der Waals surface area contributed by atoms with Gasteiger partial charge in [0.2, 0.25) is 0 Å². The van der Waals surface area contributed by atoms with Gasteiger partial charge in [-0.2, -0.15) is 0 Å². The Morgan fingerprint density at radius 1 is 1.00 bits per heavy atom. The average Bonchev–Trinajstić information content (AvgIpc) is 3.18. The molecule has 1 aliphatic heterocycles. The minimum atomic E-state index is 0.602. The van der Waals surface area contributed by atoms with E-state index in [1.54, 1.807) is 6.20 Å². The van der Waals surface area contributed by atoms with Crippen LogP contribution in [0.4, 0.5) is 0 Å². The SMILES string of the molecule is CN1CCN(C[CH]c2ccc(-c3[nH]c4ncc(Cl)cc4c3-c3cncnc3)cc2)CC1. The Hall–Kier alpha value is -2.80. The van der Waals surface area contributed by atoms with Crippen molar-refractivity contribution in [1.82, 2.24) is 29.7 Å². The van der Waals surface area contributed by atoms with Crippen LogP contribution in [0.25, 0.3) is 33.4 Å². The number of hydrogen-bond donors (Lipinski definition) is 1. The average molecular weight is 432 g/mol. The number of likely N-dealkylation sites (N-methyl/N-ethyl adjacent to an activating group) is 1. The summed E-state index contributed by atoms with van der Waals surface area (Å²) in [6.07, 6.45) is 9.13. The maximum absolute atomic E-state index is 6.24.